The van der Waals surface area contributed by atoms with Crippen molar-refractivity contribution in [1.82, 2.24) is 0 Å². The quantitative estimate of drug-likeness (QED) is 0.0222. The van der Waals surface area contributed by atoms with E-state index in [0.29, 0.717) is 25.7 Å². The largest absolute Gasteiger partial charge is 0.472 e. The van der Waals surface area contributed by atoms with Gasteiger partial charge in [0.15, 0.2) is 12.2 Å². The third kappa shape index (κ3) is 76.3. The molecule has 19 heteroatoms. The number of hydrogen-bond donors (Lipinski definition) is 3. The van der Waals surface area contributed by atoms with Crippen LogP contribution in [0.25, 0.3) is 0 Å². The molecule has 0 radical (unpaired) electrons. The second-order valence-electron chi connectivity index (χ2n) is 30.8. The Morgan fingerprint density at radius 1 is 0.265 bits per heavy atom. The van der Waals surface area contributed by atoms with Gasteiger partial charge in [0, 0.05) is 25.7 Å². The zero-order valence-electron chi connectivity index (χ0n) is 66.9. The lowest BCUT2D eigenvalue weighted by atomic mass is 10.0. The Labute approximate surface area is 626 Å². The molecule has 0 spiro atoms. The van der Waals surface area contributed by atoms with E-state index in [9.17, 15) is 43.2 Å². The molecule has 0 amide bonds. The van der Waals surface area contributed by atoms with Crippen molar-refractivity contribution in [2.45, 2.75) is 458 Å². The monoisotopic (exact) mass is 1490 g/mol. The van der Waals surface area contributed by atoms with Crippen molar-refractivity contribution >= 4 is 39.5 Å². The number of hydrogen-bond acceptors (Lipinski definition) is 15. The number of aliphatic hydroxyl groups is 1. The van der Waals surface area contributed by atoms with Crippen LogP contribution < -0.4 is 0 Å². The maximum atomic E-state index is 13.1. The number of carbonyl (C=O) groups excluding carboxylic acids is 4. The summed E-state index contributed by atoms with van der Waals surface area (Å²) >= 11 is 0. The average molecular weight is 1490 g/mol. The van der Waals surface area contributed by atoms with Crippen molar-refractivity contribution in [3.63, 3.8) is 0 Å². The van der Waals surface area contributed by atoms with E-state index >= 15 is 0 Å². The number of unbranched alkanes of at least 4 members (excludes halogenated alkanes) is 52. The average Bonchev–Trinajstić information content (AvgIpc) is 0.910. The number of esters is 4. The predicted octanol–water partition coefficient (Wildman–Crippen LogP) is 25.1. The zero-order valence-corrected chi connectivity index (χ0v) is 68.7. The van der Waals surface area contributed by atoms with Crippen LogP contribution in [0, 0.1) is 11.8 Å². The number of aliphatic hydroxyl groups excluding tert-OH is 1. The molecule has 0 aromatic carbocycles. The standard InChI is InChI=1S/C83H162O17P2/c1-7-9-11-13-15-17-18-19-20-21-22-23-24-25-30-33-36-39-42-49-55-61-67-82(87)99-79(72-94-81(86)66-60-54-48-41-38-35-32-29-27-26-28-31-34-37-40-45-51-57-63-75(3)4)74-98-102(91,92)96-70-77(84)69-95-101(89,90)97-73-78(71-93-80(85)65-59-53-47-16-14-12-10-8-2)100-83(88)68-62-56-50-44-43-46-52-58-64-76(5)6/h75-79,84H,7-74H2,1-6H3,(H,89,90)(H,91,92)/t77-,78+,79+/m0/s1. The lowest BCUT2D eigenvalue weighted by molar-refractivity contribution is -0.161. The molecule has 2 unspecified atom stereocenters. The van der Waals surface area contributed by atoms with Gasteiger partial charge in [0.25, 0.3) is 0 Å². The van der Waals surface area contributed by atoms with Crippen molar-refractivity contribution in [3.8, 4) is 0 Å². The molecule has 0 aliphatic carbocycles. The van der Waals surface area contributed by atoms with Crippen LogP contribution in [0.4, 0.5) is 0 Å². The molecule has 17 nitrogen and oxygen atoms in total. The van der Waals surface area contributed by atoms with Gasteiger partial charge >= 0.3 is 39.5 Å². The molecule has 0 saturated carbocycles. The van der Waals surface area contributed by atoms with E-state index in [-0.39, 0.29) is 25.7 Å². The summed E-state index contributed by atoms with van der Waals surface area (Å²) in [5.74, 6) is -0.572. The van der Waals surface area contributed by atoms with Gasteiger partial charge in [0.2, 0.25) is 0 Å². The molecule has 0 aromatic heterocycles. The van der Waals surface area contributed by atoms with Crippen molar-refractivity contribution in [3.05, 3.63) is 0 Å². The predicted molar refractivity (Wildman–Crippen MR) is 418 cm³/mol. The second kappa shape index (κ2) is 74.5. The van der Waals surface area contributed by atoms with Crippen molar-refractivity contribution in [2.75, 3.05) is 39.6 Å². The fourth-order valence-corrected chi connectivity index (χ4v) is 14.5. The smallest absolute Gasteiger partial charge is 0.462 e. The minimum atomic E-state index is -4.96. The fraction of sp³-hybridized carbons (Fsp3) is 0.952. The highest BCUT2D eigenvalue weighted by atomic mass is 31.2. The summed E-state index contributed by atoms with van der Waals surface area (Å²) in [6.07, 6.45) is 65.7. The Balaban J connectivity index is 5.15. The summed E-state index contributed by atoms with van der Waals surface area (Å²) < 4.78 is 68.6. The van der Waals surface area contributed by atoms with Crippen LogP contribution in [0.3, 0.4) is 0 Å². The summed E-state index contributed by atoms with van der Waals surface area (Å²) in [7, 11) is -9.92. The van der Waals surface area contributed by atoms with E-state index in [1.165, 1.54) is 250 Å². The van der Waals surface area contributed by atoms with E-state index in [1.54, 1.807) is 0 Å². The fourth-order valence-electron chi connectivity index (χ4n) is 12.9. The Kier molecular flexibility index (Phi) is 73.1. The summed E-state index contributed by atoms with van der Waals surface area (Å²) in [6.45, 7) is 9.60. The normalized spacial score (nSPS) is 13.9. The minimum absolute atomic E-state index is 0.105. The highest BCUT2D eigenvalue weighted by molar-refractivity contribution is 7.47. The molecule has 3 N–H and O–H groups in total. The molecular formula is C83H162O17P2. The zero-order chi connectivity index (χ0) is 74.9. The Bertz CT molecular complexity index is 1960. The number of rotatable bonds is 82. The van der Waals surface area contributed by atoms with Crippen LogP contribution in [-0.4, -0.2) is 96.7 Å². The Hall–Kier alpha value is -1.94. The van der Waals surface area contributed by atoms with Gasteiger partial charge in [-0.05, 0) is 37.5 Å². The number of carbonyl (C=O) groups is 4. The summed E-state index contributed by atoms with van der Waals surface area (Å²) in [6, 6.07) is 0. The van der Waals surface area contributed by atoms with Gasteiger partial charge in [-0.1, -0.05) is 388 Å². The first kappa shape index (κ1) is 100. The van der Waals surface area contributed by atoms with E-state index < -0.39 is 97.5 Å². The van der Waals surface area contributed by atoms with Crippen molar-refractivity contribution < 1.29 is 80.2 Å². The summed E-state index contributed by atoms with van der Waals surface area (Å²) in [4.78, 5) is 72.9. The van der Waals surface area contributed by atoms with E-state index in [2.05, 4.69) is 41.5 Å². The van der Waals surface area contributed by atoms with Crippen molar-refractivity contribution in [2.24, 2.45) is 11.8 Å². The first-order valence-corrected chi connectivity index (χ1v) is 46.0. The van der Waals surface area contributed by atoms with Gasteiger partial charge in [0.1, 0.15) is 19.3 Å². The molecule has 0 aliphatic rings. The Morgan fingerprint density at radius 2 is 0.451 bits per heavy atom. The molecule has 606 valence electrons. The Morgan fingerprint density at radius 3 is 0.667 bits per heavy atom. The molecule has 102 heavy (non-hydrogen) atoms. The lowest BCUT2D eigenvalue weighted by Gasteiger charge is -2.21. The van der Waals surface area contributed by atoms with Crippen LogP contribution in [0.1, 0.15) is 440 Å². The molecule has 0 fully saturated rings. The lowest BCUT2D eigenvalue weighted by Crippen LogP contribution is -2.30. The molecule has 0 aliphatic heterocycles. The highest BCUT2D eigenvalue weighted by Gasteiger charge is 2.30. The number of phosphoric ester groups is 2. The van der Waals surface area contributed by atoms with Gasteiger partial charge in [-0.15, -0.1) is 0 Å². The summed E-state index contributed by atoms with van der Waals surface area (Å²) in [5, 5.41) is 10.6. The minimum Gasteiger partial charge on any atom is -0.462 e. The summed E-state index contributed by atoms with van der Waals surface area (Å²) in [5.41, 5.74) is 0. The SMILES string of the molecule is CCCCCCCCCCCCCCCCCCCCCCCCC(=O)O[C@H](COC(=O)CCCCCCCCCCCCCCCCCCCCC(C)C)COP(=O)(O)OC[C@@H](O)COP(=O)(O)OC[C@@H](COC(=O)CCCCCCCCCC)OC(=O)CCCCCCCCCCC(C)C. The maximum Gasteiger partial charge on any atom is 0.472 e. The van der Waals surface area contributed by atoms with E-state index in [1.807, 2.05) is 0 Å². The number of ether oxygens (including phenoxy) is 4. The first-order chi connectivity index (χ1) is 49.4. The third-order valence-corrected chi connectivity index (χ3v) is 21.4. The van der Waals surface area contributed by atoms with Crippen LogP contribution >= 0.6 is 15.6 Å². The van der Waals surface area contributed by atoms with Gasteiger partial charge in [-0.2, -0.15) is 0 Å². The van der Waals surface area contributed by atoms with E-state index in [4.69, 9.17) is 37.0 Å². The topological polar surface area (TPSA) is 237 Å². The molecule has 0 heterocycles. The van der Waals surface area contributed by atoms with Crippen LogP contribution in [0.2, 0.25) is 0 Å². The second-order valence-corrected chi connectivity index (χ2v) is 33.7. The van der Waals surface area contributed by atoms with E-state index in [0.717, 1.165) is 108 Å². The highest BCUT2D eigenvalue weighted by Crippen LogP contribution is 2.45. The third-order valence-electron chi connectivity index (χ3n) is 19.5. The number of phosphoric acid groups is 2. The molecule has 0 bridgehead atoms. The van der Waals surface area contributed by atoms with Crippen LogP contribution in [0.15, 0.2) is 0 Å². The molecule has 0 rings (SSSR count). The van der Waals surface area contributed by atoms with Gasteiger partial charge in [-0.3, -0.25) is 37.3 Å². The molecule has 5 atom stereocenters. The molecule has 0 saturated heterocycles. The van der Waals surface area contributed by atoms with Gasteiger partial charge < -0.3 is 33.8 Å². The van der Waals surface area contributed by atoms with Crippen LogP contribution in [-0.2, 0) is 65.4 Å². The van der Waals surface area contributed by atoms with Crippen molar-refractivity contribution in [1.29, 1.82) is 0 Å². The van der Waals surface area contributed by atoms with Crippen LogP contribution in [0.5, 0.6) is 0 Å². The molecular weight excluding hydrogens is 1330 g/mol. The molecule has 0 aromatic rings. The first-order valence-electron chi connectivity index (χ1n) is 43.0. The maximum absolute atomic E-state index is 13.1. The van der Waals surface area contributed by atoms with Gasteiger partial charge in [-0.25, -0.2) is 9.13 Å². The van der Waals surface area contributed by atoms with Gasteiger partial charge in [0.05, 0.1) is 26.4 Å².